The molecule has 1 aliphatic heterocycles. The molecule has 3 aliphatic rings. The van der Waals surface area contributed by atoms with Gasteiger partial charge in [0.25, 0.3) is 0 Å². The highest BCUT2D eigenvalue weighted by Crippen LogP contribution is 2.62. The van der Waals surface area contributed by atoms with Crippen LogP contribution in [-0.4, -0.2) is 84.1 Å². The largest absolute Gasteiger partial charge is 0.459 e. The van der Waals surface area contributed by atoms with Crippen LogP contribution in [0, 0.1) is 17.8 Å². The number of oxime groups is 1. The third kappa shape index (κ3) is 9.69. The fourth-order valence-corrected chi connectivity index (χ4v) is 8.23. The van der Waals surface area contributed by atoms with E-state index in [1.807, 2.05) is 39.0 Å². The molecule has 2 aliphatic carbocycles. The lowest BCUT2D eigenvalue weighted by atomic mass is 9.55. The van der Waals surface area contributed by atoms with Gasteiger partial charge < -0.3 is 38.9 Å². The second-order valence-corrected chi connectivity index (χ2v) is 15.6. The molecule has 5 rings (SSSR count). The fraction of sp³-hybridized carbons (Fsp3) is 0.523. The average Bonchev–Trinajstić information content (AvgIpc) is 3.17. The Morgan fingerprint density at radius 2 is 1.78 bits per heavy atom. The maximum absolute atomic E-state index is 13.8. The van der Waals surface area contributed by atoms with Gasteiger partial charge in [0.05, 0.1) is 24.8 Å². The maximum atomic E-state index is 13.8. The van der Waals surface area contributed by atoms with Gasteiger partial charge in [0, 0.05) is 43.7 Å². The number of rotatable bonds is 19. The minimum absolute atomic E-state index is 0.0513. The highest BCUT2D eigenvalue weighted by atomic mass is 16.7. The van der Waals surface area contributed by atoms with Crippen molar-refractivity contribution in [3.05, 3.63) is 90.6 Å². The Balaban J connectivity index is 1.75. The minimum atomic E-state index is -1.39. The van der Waals surface area contributed by atoms with E-state index in [0.717, 1.165) is 43.1 Å². The van der Waals surface area contributed by atoms with Gasteiger partial charge in [-0.2, -0.15) is 0 Å². The third-order valence-electron chi connectivity index (χ3n) is 10.6. The molecule has 0 bridgehead atoms. The lowest BCUT2D eigenvalue weighted by Crippen LogP contribution is -2.69. The van der Waals surface area contributed by atoms with E-state index in [4.69, 9.17) is 28.9 Å². The Labute approximate surface area is 325 Å². The summed E-state index contributed by atoms with van der Waals surface area (Å²) in [7, 11) is 1.70. The van der Waals surface area contributed by atoms with Gasteiger partial charge >= 0.3 is 6.09 Å². The van der Waals surface area contributed by atoms with E-state index < -0.39 is 29.4 Å². The molecule has 55 heavy (non-hydrogen) atoms. The first-order chi connectivity index (χ1) is 26.5. The quantitative estimate of drug-likeness (QED) is 0.0627. The Morgan fingerprint density at radius 3 is 2.47 bits per heavy atom. The molecule has 0 radical (unpaired) electrons. The number of fused-ring (bicyclic) bond motifs is 2. The van der Waals surface area contributed by atoms with Gasteiger partial charge in [-0.1, -0.05) is 48.4 Å². The van der Waals surface area contributed by atoms with Gasteiger partial charge in [0.1, 0.15) is 35.2 Å². The summed E-state index contributed by atoms with van der Waals surface area (Å²) >= 11 is 0. The molecular weight excluding hydrogens is 700 g/mol. The zero-order chi connectivity index (χ0) is 39.6. The molecule has 0 saturated heterocycles. The number of benzene rings is 2. The maximum Gasteiger partial charge on any atom is 0.409 e. The number of allylic oxidation sites excluding steroid dienone is 1. The molecule has 6 unspecified atom stereocenters. The molecule has 1 heterocycles. The number of carbonyl (C=O) groups is 2. The van der Waals surface area contributed by atoms with E-state index in [9.17, 15) is 19.8 Å². The monoisotopic (exact) mass is 758 g/mol. The molecule has 6 atom stereocenters. The SMILES string of the molecule is C=CCCOC(=O)N(C)C1CC(=NOC(C)(C)C)C2=CC(CCCCO)C(CCCCO)C3c4cc(Oc5cccc(C=O)c5)ccc4OC1(OCC=C)C23. The molecule has 11 nitrogen and oxygen atoms in total. The summed E-state index contributed by atoms with van der Waals surface area (Å²) in [6.45, 7) is 14.1. The van der Waals surface area contributed by atoms with Crippen LogP contribution in [0.15, 0.2) is 84.6 Å². The van der Waals surface area contributed by atoms with Gasteiger partial charge in [-0.3, -0.25) is 4.79 Å². The van der Waals surface area contributed by atoms with Crippen molar-refractivity contribution in [3.63, 3.8) is 0 Å². The summed E-state index contributed by atoms with van der Waals surface area (Å²) < 4.78 is 26.1. The minimum Gasteiger partial charge on any atom is -0.459 e. The van der Waals surface area contributed by atoms with Crippen LogP contribution >= 0.6 is 0 Å². The highest BCUT2D eigenvalue weighted by molar-refractivity contribution is 6.03. The van der Waals surface area contributed by atoms with Gasteiger partial charge in [0.2, 0.25) is 5.79 Å². The predicted molar refractivity (Wildman–Crippen MR) is 212 cm³/mol. The number of aliphatic hydroxyl groups excluding tert-OH is 2. The molecule has 1 saturated carbocycles. The van der Waals surface area contributed by atoms with Crippen molar-refractivity contribution < 1.29 is 43.6 Å². The number of amides is 1. The van der Waals surface area contributed by atoms with Crippen molar-refractivity contribution >= 4 is 18.1 Å². The van der Waals surface area contributed by atoms with Crippen LogP contribution in [0.25, 0.3) is 0 Å². The fourth-order valence-electron chi connectivity index (χ4n) is 8.23. The molecule has 1 amide bonds. The first kappa shape index (κ1) is 41.7. The van der Waals surface area contributed by atoms with Crippen molar-refractivity contribution in [1.29, 1.82) is 0 Å². The summed E-state index contributed by atoms with van der Waals surface area (Å²) in [5, 5.41) is 24.5. The number of carbonyl (C=O) groups excluding carboxylic acids is 2. The molecule has 11 heteroatoms. The van der Waals surface area contributed by atoms with Crippen LogP contribution in [0.2, 0.25) is 0 Å². The molecule has 0 aromatic heterocycles. The Kier molecular flexibility index (Phi) is 14.4. The van der Waals surface area contributed by atoms with E-state index in [1.165, 1.54) is 0 Å². The third-order valence-corrected chi connectivity index (χ3v) is 10.6. The predicted octanol–water partition coefficient (Wildman–Crippen LogP) is 8.37. The normalized spacial score (nSPS) is 24.7. The number of nitrogens with zero attached hydrogens (tertiary/aromatic N) is 2. The van der Waals surface area contributed by atoms with Crippen LogP contribution in [0.5, 0.6) is 17.2 Å². The first-order valence-corrected chi connectivity index (χ1v) is 19.5. The number of unbranched alkanes of at least 4 members (excludes halogenated alkanes) is 2. The number of aldehydes is 1. The number of hydrogen-bond donors (Lipinski definition) is 2. The molecule has 1 fully saturated rings. The smallest absolute Gasteiger partial charge is 0.409 e. The van der Waals surface area contributed by atoms with E-state index in [0.29, 0.717) is 47.8 Å². The van der Waals surface area contributed by atoms with Crippen LogP contribution in [-0.2, 0) is 14.3 Å². The zero-order valence-corrected chi connectivity index (χ0v) is 32.8. The Hall–Kier alpha value is -4.45. The van der Waals surface area contributed by atoms with Crippen molar-refractivity contribution in [2.45, 2.75) is 95.5 Å². The molecule has 2 N–H and O–H groups in total. The standard InChI is InChI=1S/C44H58N2O9/c1-7-9-24-51-42(50)46(6)39-28-37(45-55-43(3,4)5)35-26-31(16-10-12-21-47)34(18-11-13-22-48)40-36-27-33(53-32-17-14-15-30(25-32)29-49)19-20-38(36)54-44(39,41(35)40)52-23-8-2/h7-8,14-15,17,19-20,25-27,29,31,34,39-41,47-48H,1-2,9-13,16,18,21-24,28H2,3-6H3. The molecule has 298 valence electrons. The topological polar surface area (TPSA) is 136 Å². The van der Waals surface area contributed by atoms with Crippen molar-refractivity contribution in [2.75, 3.05) is 33.5 Å². The second-order valence-electron chi connectivity index (χ2n) is 15.6. The number of hydrogen-bond acceptors (Lipinski definition) is 10. The molecule has 0 spiro atoms. The molecule has 2 aromatic rings. The lowest BCUT2D eigenvalue weighted by molar-refractivity contribution is -0.253. The summed E-state index contributed by atoms with van der Waals surface area (Å²) in [5.74, 6) is -0.240. The van der Waals surface area contributed by atoms with Crippen molar-refractivity contribution in [3.8, 4) is 17.2 Å². The molecular formula is C44H58N2O9. The van der Waals surface area contributed by atoms with Gasteiger partial charge in [0.15, 0.2) is 0 Å². The van der Waals surface area contributed by atoms with Gasteiger partial charge in [-0.15, -0.1) is 13.2 Å². The Morgan fingerprint density at radius 1 is 1.04 bits per heavy atom. The summed E-state index contributed by atoms with van der Waals surface area (Å²) in [4.78, 5) is 33.0. The first-order valence-electron chi connectivity index (χ1n) is 19.5. The van der Waals surface area contributed by atoms with Crippen LogP contribution in [0.4, 0.5) is 4.79 Å². The van der Waals surface area contributed by atoms with Gasteiger partial charge in [-0.25, -0.2) is 4.79 Å². The van der Waals surface area contributed by atoms with Crippen LogP contribution in [0.1, 0.15) is 94.0 Å². The number of ether oxygens (including phenoxy) is 4. The zero-order valence-electron chi connectivity index (χ0n) is 32.8. The number of aliphatic hydroxyl groups is 2. The summed E-state index contributed by atoms with van der Waals surface area (Å²) in [5.41, 5.74) is 2.48. The average molecular weight is 759 g/mol. The van der Waals surface area contributed by atoms with Crippen molar-refractivity contribution in [1.82, 2.24) is 4.90 Å². The van der Waals surface area contributed by atoms with Crippen LogP contribution < -0.4 is 9.47 Å². The van der Waals surface area contributed by atoms with E-state index >= 15 is 0 Å². The lowest BCUT2D eigenvalue weighted by Gasteiger charge is -2.59. The van der Waals surface area contributed by atoms with Crippen LogP contribution in [0.3, 0.4) is 0 Å². The van der Waals surface area contributed by atoms with Crippen molar-refractivity contribution in [2.24, 2.45) is 22.9 Å². The second kappa shape index (κ2) is 18.9. The Bertz CT molecular complexity index is 1710. The number of likely N-dealkylation sites (N-methyl/N-ethyl adjacent to an activating group) is 1. The van der Waals surface area contributed by atoms with E-state index in [-0.39, 0.29) is 50.6 Å². The summed E-state index contributed by atoms with van der Waals surface area (Å²) in [6.07, 6.45) is 11.3. The highest BCUT2D eigenvalue weighted by Gasteiger charge is 2.65. The van der Waals surface area contributed by atoms with E-state index in [2.05, 4.69) is 19.2 Å². The van der Waals surface area contributed by atoms with Gasteiger partial charge in [-0.05, 0) is 101 Å². The molecule has 2 aromatic carbocycles. The summed E-state index contributed by atoms with van der Waals surface area (Å²) in [6, 6.07) is 12.0. The van der Waals surface area contributed by atoms with E-state index in [1.54, 1.807) is 48.4 Å².